The summed E-state index contributed by atoms with van der Waals surface area (Å²) in [5.41, 5.74) is 1.24. The first-order valence-corrected chi connectivity index (χ1v) is 5.53. The van der Waals surface area contributed by atoms with Crippen molar-refractivity contribution in [3.05, 3.63) is 58.7 Å². The summed E-state index contributed by atoms with van der Waals surface area (Å²) in [6, 6.07) is 14.1. The van der Waals surface area contributed by atoms with E-state index in [1.165, 1.54) is 5.56 Å². The predicted octanol–water partition coefficient (Wildman–Crippen LogP) is 3.46. The number of nitrogens with zero attached hydrogens (tertiary/aromatic N) is 1. The highest BCUT2D eigenvalue weighted by molar-refractivity contribution is 9.10. The number of anilines is 1. The van der Waals surface area contributed by atoms with Gasteiger partial charge >= 0.3 is 0 Å². The van der Waals surface area contributed by atoms with Gasteiger partial charge in [0.1, 0.15) is 5.82 Å². The van der Waals surface area contributed by atoms with E-state index in [0.717, 1.165) is 16.8 Å². The van der Waals surface area contributed by atoms with Crippen molar-refractivity contribution in [2.45, 2.75) is 6.54 Å². The second kappa shape index (κ2) is 4.94. The highest BCUT2D eigenvalue weighted by Crippen LogP contribution is 2.11. The summed E-state index contributed by atoms with van der Waals surface area (Å²) in [6.45, 7) is 0.796. The van der Waals surface area contributed by atoms with Crippen LogP contribution in [0.25, 0.3) is 0 Å². The molecule has 0 radical (unpaired) electrons. The van der Waals surface area contributed by atoms with E-state index in [9.17, 15) is 0 Å². The molecule has 15 heavy (non-hydrogen) atoms. The fourth-order valence-electron chi connectivity index (χ4n) is 1.26. The number of hydrogen-bond donors (Lipinski definition) is 1. The molecule has 1 N–H and O–H groups in total. The van der Waals surface area contributed by atoms with E-state index in [1.807, 2.05) is 30.3 Å². The number of rotatable bonds is 3. The quantitative estimate of drug-likeness (QED) is 0.917. The Kier molecular flexibility index (Phi) is 3.35. The summed E-state index contributed by atoms with van der Waals surface area (Å²) in [5, 5.41) is 3.25. The lowest BCUT2D eigenvalue weighted by molar-refractivity contribution is 1.11. The largest absolute Gasteiger partial charge is 0.366 e. The summed E-state index contributed by atoms with van der Waals surface area (Å²) >= 11 is 3.41. The lowest BCUT2D eigenvalue weighted by Crippen LogP contribution is -2.00. The van der Waals surface area contributed by atoms with Crippen molar-refractivity contribution >= 4 is 21.7 Å². The molecule has 0 spiro atoms. The molecule has 0 fully saturated rings. The topological polar surface area (TPSA) is 24.9 Å². The summed E-state index contributed by atoms with van der Waals surface area (Å²) in [7, 11) is 0. The van der Waals surface area contributed by atoms with Crippen molar-refractivity contribution in [3.63, 3.8) is 0 Å². The van der Waals surface area contributed by atoms with Crippen LogP contribution < -0.4 is 5.32 Å². The van der Waals surface area contributed by atoms with Gasteiger partial charge in [0.05, 0.1) is 0 Å². The molecule has 0 amide bonds. The summed E-state index contributed by atoms with van der Waals surface area (Å²) < 4.78 is 1.10. The lowest BCUT2D eigenvalue weighted by atomic mass is 10.2. The van der Waals surface area contributed by atoms with Crippen molar-refractivity contribution in [3.8, 4) is 0 Å². The molecule has 0 aliphatic rings. The summed E-state index contributed by atoms with van der Waals surface area (Å²) in [6.07, 6.45) is 1.78. The molecule has 0 atom stereocenters. The van der Waals surface area contributed by atoms with E-state index < -0.39 is 0 Å². The summed E-state index contributed by atoms with van der Waals surface area (Å²) in [4.78, 5) is 4.19. The average molecular weight is 263 g/mol. The van der Waals surface area contributed by atoms with Crippen LogP contribution in [0, 0.1) is 0 Å². The molecule has 0 aliphatic heterocycles. The Labute approximate surface area is 97.5 Å². The Morgan fingerprint density at radius 1 is 1.07 bits per heavy atom. The van der Waals surface area contributed by atoms with E-state index >= 15 is 0 Å². The van der Waals surface area contributed by atoms with Gasteiger partial charge in [-0.25, -0.2) is 4.98 Å². The number of nitrogens with one attached hydrogen (secondary N) is 1. The van der Waals surface area contributed by atoms with Crippen LogP contribution in [-0.4, -0.2) is 4.98 Å². The second-order valence-corrected chi connectivity index (χ2v) is 4.11. The number of benzene rings is 1. The molecule has 3 heteroatoms. The van der Waals surface area contributed by atoms with Crippen molar-refractivity contribution in [2.75, 3.05) is 5.32 Å². The van der Waals surface area contributed by atoms with Gasteiger partial charge in [-0.1, -0.05) is 34.1 Å². The SMILES string of the molecule is Brc1ccc(CNc2ccccn2)cc1. The van der Waals surface area contributed by atoms with Crippen molar-refractivity contribution < 1.29 is 0 Å². The molecule has 0 bridgehead atoms. The van der Waals surface area contributed by atoms with Gasteiger partial charge in [0.25, 0.3) is 0 Å². The Bertz CT molecular complexity index is 411. The maximum Gasteiger partial charge on any atom is 0.126 e. The fraction of sp³-hybridized carbons (Fsp3) is 0.0833. The minimum atomic E-state index is 0.796. The predicted molar refractivity (Wildman–Crippen MR) is 65.7 cm³/mol. The van der Waals surface area contributed by atoms with Gasteiger partial charge in [-0.3, -0.25) is 0 Å². The average Bonchev–Trinajstić information content (AvgIpc) is 2.30. The van der Waals surface area contributed by atoms with E-state index in [2.05, 4.69) is 38.4 Å². The van der Waals surface area contributed by atoms with Gasteiger partial charge in [0.15, 0.2) is 0 Å². The Morgan fingerprint density at radius 2 is 1.87 bits per heavy atom. The molecule has 0 saturated heterocycles. The maximum atomic E-state index is 4.19. The van der Waals surface area contributed by atoms with Crippen LogP contribution in [0.1, 0.15) is 5.56 Å². The lowest BCUT2D eigenvalue weighted by Gasteiger charge is -2.04. The number of pyridine rings is 1. The van der Waals surface area contributed by atoms with Crippen LogP contribution in [-0.2, 0) is 6.54 Å². The van der Waals surface area contributed by atoms with Crippen LogP contribution in [0.5, 0.6) is 0 Å². The van der Waals surface area contributed by atoms with Crippen molar-refractivity contribution in [1.82, 2.24) is 4.98 Å². The monoisotopic (exact) mass is 262 g/mol. The smallest absolute Gasteiger partial charge is 0.126 e. The van der Waals surface area contributed by atoms with Gasteiger partial charge in [-0.15, -0.1) is 0 Å². The Morgan fingerprint density at radius 3 is 2.53 bits per heavy atom. The van der Waals surface area contributed by atoms with Crippen molar-refractivity contribution in [2.24, 2.45) is 0 Å². The first kappa shape index (κ1) is 10.2. The normalized spacial score (nSPS) is 9.93. The number of hydrogen-bond acceptors (Lipinski definition) is 2. The van der Waals surface area contributed by atoms with E-state index in [-0.39, 0.29) is 0 Å². The molecular weight excluding hydrogens is 252 g/mol. The molecule has 1 heterocycles. The van der Waals surface area contributed by atoms with Gasteiger partial charge < -0.3 is 5.32 Å². The first-order chi connectivity index (χ1) is 7.34. The minimum Gasteiger partial charge on any atom is -0.366 e. The van der Waals surface area contributed by atoms with Gasteiger partial charge in [0.2, 0.25) is 0 Å². The maximum absolute atomic E-state index is 4.19. The number of halogens is 1. The molecule has 1 aromatic carbocycles. The standard InChI is InChI=1S/C12H11BrN2/c13-11-6-4-10(5-7-11)9-15-12-3-1-2-8-14-12/h1-8H,9H2,(H,14,15). The second-order valence-electron chi connectivity index (χ2n) is 3.19. The van der Waals surface area contributed by atoms with Crippen molar-refractivity contribution in [1.29, 1.82) is 0 Å². The third kappa shape index (κ3) is 3.06. The van der Waals surface area contributed by atoms with E-state index in [0.29, 0.717) is 0 Å². The fourth-order valence-corrected chi connectivity index (χ4v) is 1.53. The Hall–Kier alpha value is -1.35. The first-order valence-electron chi connectivity index (χ1n) is 4.74. The molecule has 0 saturated carbocycles. The third-order valence-electron chi connectivity index (χ3n) is 2.05. The molecule has 2 aromatic rings. The molecular formula is C12H11BrN2. The molecule has 2 rings (SSSR count). The van der Waals surface area contributed by atoms with E-state index in [1.54, 1.807) is 6.20 Å². The zero-order valence-corrected chi connectivity index (χ0v) is 9.74. The number of aromatic nitrogens is 1. The molecule has 0 unspecified atom stereocenters. The van der Waals surface area contributed by atoms with E-state index in [4.69, 9.17) is 0 Å². The van der Waals surface area contributed by atoms with Crippen LogP contribution in [0.15, 0.2) is 53.1 Å². The van der Waals surface area contributed by atoms with Crippen LogP contribution >= 0.6 is 15.9 Å². The summed E-state index contributed by atoms with van der Waals surface area (Å²) in [5.74, 6) is 0.903. The molecule has 2 nitrogen and oxygen atoms in total. The third-order valence-corrected chi connectivity index (χ3v) is 2.58. The zero-order chi connectivity index (χ0) is 10.5. The molecule has 0 aliphatic carbocycles. The van der Waals surface area contributed by atoms with Gasteiger partial charge in [0, 0.05) is 17.2 Å². The van der Waals surface area contributed by atoms with Crippen LogP contribution in [0.4, 0.5) is 5.82 Å². The highest BCUT2D eigenvalue weighted by atomic mass is 79.9. The van der Waals surface area contributed by atoms with Gasteiger partial charge in [-0.2, -0.15) is 0 Å². The van der Waals surface area contributed by atoms with Crippen LogP contribution in [0.3, 0.4) is 0 Å². The van der Waals surface area contributed by atoms with Crippen LogP contribution in [0.2, 0.25) is 0 Å². The Balaban J connectivity index is 1.96. The molecule has 1 aromatic heterocycles. The molecule has 76 valence electrons. The van der Waals surface area contributed by atoms with Gasteiger partial charge in [-0.05, 0) is 29.8 Å². The highest BCUT2D eigenvalue weighted by Gasteiger charge is 1.93. The minimum absolute atomic E-state index is 0.796. The zero-order valence-electron chi connectivity index (χ0n) is 8.15.